The Morgan fingerprint density at radius 1 is 1.61 bits per heavy atom. The predicted octanol–water partition coefficient (Wildman–Crippen LogP) is 2.80. The van der Waals surface area contributed by atoms with E-state index in [-0.39, 0.29) is 0 Å². The fourth-order valence-electron chi connectivity index (χ4n) is 2.89. The zero-order valence-electron chi connectivity index (χ0n) is 13.8. The lowest BCUT2D eigenvalue weighted by Gasteiger charge is -2.06. The van der Waals surface area contributed by atoms with Crippen molar-refractivity contribution in [3.63, 3.8) is 0 Å². The second kappa shape index (κ2) is 7.38. The van der Waals surface area contributed by atoms with Gasteiger partial charge < -0.3 is 15.1 Å². The van der Waals surface area contributed by atoms with E-state index in [9.17, 15) is 4.79 Å². The van der Waals surface area contributed by atoms with Crippen LogP contribution < -0.4 is 5.73 Å². The standard InChI is InChI=1S/C18H24N4O/c1-3-15(10-20)7-6-14(2)22-11-17(21-13-22)18(12-23)9-16(18)5-4-8-19/h6-7,11-13,16H,3-5,8-9,19H2,1-2H3/b14-6+,15-7+. The van der Waals surface area contributed by atoms with Gasteiger partial charge in [0, 0.05) is 17.5 Å². The van der Waals surface area contributed by atoms with Crippen LogP contribution in [-0.2, 0) is 10.2 Å². The van der Waals surface area contributed by atoms with E-state index in [0.29, 0.717) is 18.9 Å². The molecule has 0 bridgehead atoms. The molecular formula is C18H24N4O. The number of allylic oxidation sites excluding steroid dienone is 4. The molecule has 0 aliphatic heterocycles. The fourth-order valence-corrected chi connectivity index (χ4v) is 2.89. The Morgan fingerprint density at radius 2 is 2.39 bits per heavy atom. The van der Waals surface area contributed by atoms with Crippen molar-refractivity contribution in [1.82, 2.24) is 9.55 Å². The van der Waals surface area contributed by atoms with Gasteiger partial charge in [0.15, 0.2) is 0 Å². The molecule has 0 aromatic carbocycles. The molecule has 2 atom stereocenters. The van der Waals surface area contributed by atoms with Gasteiger partial charge in [-0.1, -0.05) is 6.92 Å². The first-order chi connectivity index (χ1) is 11.1. The minimum atomic E-state index is -0.419. The van der Waals surface area contributed by atoms with Crippen molar-refractivity contribution in [3.05, 3.63) is 35.9 Å². The Morgan fingerprint density at radius 3 is 3.00 bits per heavy atom. The van der Waals surface area contributed by atoms with Crippen molar-refractivity contribution in [2.24, 2.45) is 11.7 Å². The van der Waals surface area contributed by atoms with Crippen LogP contribution in [0.15, 0.2) is 30.2 Å². The lowest BCUT2D eigenvalue weighted by atomic mass is 9.99. The van der Waals surface area contributed by atoms with Crippen molar-refractivity contribution in [1.29, 1.82) is 5.26 Å². The molecule has 23 heavy (non-hydrogen) atoms. The Bertz CT molecular complexity index is 665. The second-order valence-corrected chi connectivity index (χ2v) is 6.12. The van der Waals surface area contributed by atoms with Gasteiger partial charge in [-0.3, -0.25) is 0 Å². The number of aromatic nitrogens is 2. The normalized spacial score (nSPS) is 24.3. The van der Waals surface area contributed by atoms with Crippen molar-refractivity contribution in [2.45, 2.75) is 44.9 Å². The van der Waals surface area contributed by atoms with E-state index in [1.54, 1.807) is 6.33 Å². The Labute approximate surface area is 137 Å². The van der Waals surface area contributed by atoms with Crippen LogP contribution in [0.3, 0.4) is 0 Å². The van der Waals surface area contributed by atoms with Crippen LogP contribution in [-0.4, -0.2) is 22.4 Å². The number of aldehydes is 1. The summed E-state index contributed by atoms with van der Waals surface area (Å²) in [6.45, 7) is 4.57. The third-order valence-corrected chi connectivity index (χ3v) is 4.64. The monoisotopic (exact) mass is 312 g/mol. The zero-order chi connectivity index (χ0) is 16.9. The van der Waals surface area contributed by atoms with Gasteiger partial charge in [-0.2, -0.15) is 5.26 Å². The average Bonchev–Trinajstić information content (AvgIpc) is 3.07. The number of nitriles is 1. The van der Waals surface area contributed by atoms with E-state index in [4.69, 9.17) is 11.0 Å². The van der Waals surface area contributed by atoms with E-state index in [0.717, 1.165) is 42.5 Å². The smallest absolute Gasteiger partial charge is 0.132 e. The summed E-state index contributed by atoms with van der Waals surface area (Å²) in [6, 6.07) is 2.17. The van der Waals surface area contributed by atoms with Gasteiger partial charge >= 0.3 is 0 Å². The highest BCUT2D eigenvalue weighted by Gasteiger charge is 2.56. The van der Waals surface area contributed by atoms with Gasteiger partial charge in [0.25, 0.3) is 0 Å². The van der Waals surface area contributed by atoms with E-state index >= 15 is 0 Å². The zero-order valence-corrected chi connectivity index (χ0v) is 13.8. The van der Waals surface area contributed by atoms with Crippen LogP contribution in [0.5, 0.6) is 0 Å². The maximum absolute atomic E-state index is 11.6. The molecule has 1 aromatic heterocycles. The van der Waals surface area contributed by atoms with E-state index in [2.05, 4.69) is 11.1 Å². The van der Waals surface area contributed by atoms with Gasteiger partial charge in [0.05, 0.1) is 23.5 Å². The molecular weight excluding hydrogens is 288 g/mol. The molecule has 5 nitrogen and oxygen atoms in total. The number of carbonyl (C=O) groups excluding carboxylic acids is 1. The van der Waals surface area contributed by atoms with Gasteiger partial charge in [0.1, 0.15) is 6.29 Å². The van der Waals surface area contributed by atoms with Crippen LogP contribution in [0.2, 0.25) is 0 Å². The molecule has 1 aliphatic rings. The molecule has 0 saturated heterocycles. The first-order valence-corrected chi connectivity index (χ1v) is 8.10. The topological polar surface area (TPSA) is 84.7 Å². The molecule has 1 aliphatic carbocycles. The van der Waals surface area contributed by atoms with Gasteiger partial charge in [-0.15, -0.1) is 0 Å². The third-order valence-electron chi connectivity index (χ3n) is 4.64. The minimum Gasteiger partial charge on any atom is -0.330 e. The Hall–Kier alpha value is -2.19. The molecule has 2 rings (SSSR count). The lowest BCUT2D eigenvalue weighted by Crippen LogP contribution is -2.13. The molecule has 1 saturated carbocycles. The number of hydrogen-bond acceptors (Lipinski definition) is 4. The summed E-state index contributed by atoms with van der Waals surface area (Å²) in [5.74, 6) is 0.362. The van der Waals surface area contributed by atoms with Crippen LogP contribution in [0, 0.1) is 17.2 Å². The summed E-state index contributed by atoms with van der Waals surface area (Å²) in [4.78, 5) is 16.0. The first-order valence-electron chi connectivity index (χ1n) is 8.10. The van der Waals surface area contributed by atoms with Crippen LogP contribution >= 0.6 is 0 Å². The predicted molar refractivity (Wildman–Crippen MR) is 90.3 cm³/mol. The fraction of sp³-hybridized carbons (Fsp3) is 0.500. The van der Waals surface area contributed by atoms with Crippen LogP contribution in [0.25, 0.3) is 5.70 Å². The molecule has 2 N–H and O–H groups in total. The number of rotatable bonds is 8. The highest BCUT2D eigenvalue weighted by molar-refractivity contribution is 5.73. The quantitative estimate of drug-likeness (QED) is 0.454. The van der Waals surface area contributed by atoms with E-state index < -0.39 is 5.41 Å². The number of hydrogen-bond donors (Lipinski definition) is 1. The molecule has 0 radical (unpaired) electrons. The highest BCUT2D eigenvalue weighted by Crippen LogP contribution is 2.54. The largest absolute Gasteiger partial charge is 0.330 e. The number of nitrogens with two attached hydrogens (primary N) is 1. The molecule has 0 amide bonds. The minimum absolute atomic E-state index is 0.362. The Kier molecular flexibility index (Phi) is 5.51. The van der Waals surface area contributed by atoms with Crippen molar-refractivity contribution < 1.29 is 4.79 Å². The van der Waals surface area contributed by atoms with Gasteiger partial charge in [-0.05, 0) is 57.2 Å². The van der Waals surface area contributed by atoms with Crippen LogP contribution in [0.1, 0.15) is 45.2 Å². The number of nitrogens with zero attached hydrogens (tertiary/aromatic N) is 3. The molecule has 1 heterocycles. The Balaban J connectivity index is 2.15. The molecule has 2 unspecified atom stereocenters. The first kappa shape index (κ1) is 17.2. The van der Waals surface area contributed by atoms with E-state index in [1.165, 1.54) is 0 Å². The number of imidazole rings is 1. The van der Waals surface area contributed by atoms with E-state index in [1.807, 2.05) is 36.8 Å². The second-order valence-electron chi connectivity index (χ2n) is 6.12. The summed E-state index contributed by atoms with van der Waals surface area (Å²) in [5, 5.41) is 8.95. The summed E-state index contributed by atoms with van der Waals surface area (Å²) in [6.07, 6.45) is 11.9. The molecule has 1 aromatic rings. The lowest BCUT2D eigenvalue weighted by molar-refractivity contribution is -0.110. The third kappa shape index (κ3) is 3.59. The number of carbonyl (C=O) groups is 1. The summed E-state index contributed by atoms with van der Waals surface area (Å²) in [5.41, 5.74) is 7.67. The van der Waals surface area contributed by atoms with Crippen molar-refractivity contribution in [3.8, 4) is 6.07 Å². The van der Waals surface area contributed by atoms with Crippen molar-refractivity contribution in [2.75, 3.05) is 6.54 Å². The van der Waals surface area contributed by atoms with Crippen LogP contribution in [0.4, 0.5) is 0 Å². The van der Waals surface area contributed by atoms with Gasteiger partial charge in [0.2, 0.25) is 0 Å². The average molecular weight is 312 g/mol. The van der Waals surface area contributed by atoms with Crippen molar-refractivity contribution >= 4 is 12.0 Å². The summed E-state index contributed by atoms with van der Waals surface area (Å²) < 4.78 is 1.90. The molecule has 0 spiro atoms. The molecule has 122 valence electrons. The highest BCUT2D eigenvalue weighted by atomic mass is 16.1. The maximum Gasteiger partial charge on any atom is 0.132 e. The summed E-state index contributed by atoms with van der Waals surface area (Å²) in [7, 11) is 0. The summed E-state index contributed by atoms with van der Waals surface area (Å²) >= 11 is 0. The van der Waals surface area contributed by atoms with Gasteiger partial charge in [-0.25, -0.2) is 4.98 Å². The SMILES string of the molecule is CC/C(C#N)=C\C=C(/C)n1cnc(C2(C=O)CC2CCCN)c1. The molecule has 1 fully saturated rings. The molecule has 5 heteroatoms. The maximum atomic E-state index is 11.6.